The van der Waals surface area contributed by atoms with Gasteiger partial charge in [-0.3, -0.25) is 0 Å². The Labute approximate surface area is 66.2 Å². The van der Waals surface area contributed by atoms with E-state index in [9.17, 15) is 0 Å². The second kappa shape index (κ2) is 8.90. The quantitative estimate of drug-likeness (QED) is 0.323. The molecule has 0 bridgehead atoms. The van der Waals surface area contributed by atoms with Crippen molar-refractivity contribution < 1.29 is 9.47 Å². The van der Waals surface area contributed by atoms with Crippen molar-refractivity contribution in [3.05, 3.63) is 11.4 Å². The Morgan fingerprint density at radius 1 is 1.36 bits per heavy atom. The first kappa shape index (κ1) is 9.90. The van der Waals surface area contributed by atoms with Gasteiger partial charge >= 0.3 is 0 Å². The Balaban J connectivity index is 2.82. The molecule has 0 rings (SSSR count). The summed E-state index contributed by atoms with van der Waals surface area (Å²) in [6.07, 6.45) is 0.381. The molecule has 0 aromatic carbocycles. The highest BCUT2D eigenvalue weighted by atomic mass is 16.7. The van der Waals surface area contributed by atoms with E-state index in [2.05, 4.69) is 4.85 Å². The zero-order valence-electron chi connectivity index (χ0n) is 6.25. The van der Waals surface area contributed by atoms with Crippen molar-refractivity contribution in [2.45, 2.75) is 6.42 Å². The second-order valence-corrected chi connectivity index (χ2v) is 1.72. The lowest BCUT2D eigenvalue weighted by atomic mass is 10.5. The van der Waals surface area contributed by atoms with Crippen LogP contribution in [0.5, 0.6) is 0 Å². The predicted molar refractivity (Wildman–Crippen MR) is 38.5 cm³/mol. The highest BCUT2D eigenvalue weighted by Gasteiger charge is 1.88. The standard InChI is InChI=1S/C7H10N2O2/c1-9-4-6-11-7-10-5-2-3-8/h2,4-7H2. The van der Waals surface area contributed by atoms with Crippen LogP contribution in [-0.2, 0) is 9.47 Å². The van der Waals surface area contributed by atoms with Gasteiger partial charge in [-0.25, -0.2) is 6.57 Å². The summed E-state index contributed by atoms with van der Waals surface area (Å²) in [5.74, 6) is 0. The Bertz CT molecular complexity index is 139. The van der Waals surface area contributed by atoms with Crippen molar-refractivity contribution in [3.8, 4) is 6.07 Å². The van der Waals surface area contributed by atoms with Gasteiger partial charge in [0.1, 0.15) is 13.4 Å². The van der Waals surface area contributed by atoms with E-state index in [-0.39, 0.29) is 6.79 Å². The third-order valence-corrected chi connectivity index (χ3v) is 0.872. The first-order chi connectivity index (χ1) is 5.41. The van der Waals surface area contributed by atoms with Crippen LogP contribution in [0.1, 0.15) is 6.42 Å². The summed E-state index contributed by atoms with van der Waals surface area (Å²) in [4.78, 5) is 3.09. The molecule has 0 heterocycles. The molecule has 0 atom stereocenters. The molecule has 0 aliphatic rings. The van der Waals surface area contributed by atoms with Gasteiger partial charge in [0.05, 0.1) is 19.1 Å². The van der Waals surface area contributed by atoms with Gasteiger partial charge < -0.3 is 14.3 Å². The van der Waals surface area contributed by atoms with Gasteiger partial charge in [0.2, 0.25) is 6.54 Å². The molecule has 0 saturated heterocycles. The summed E-state index contributed by atoms with van der Waals surface area (Å²) < 4.78 is 9.75. The number of rotatable bonds is 6. The number of hydrogen-bond donors (Lipinski definition) is 0. The molecule has 0 fully saturated rings. The van der Waals surface area contributed by atoms with Crippen LogP contribution in [0.2, 0.25) is 0 Å². The van der Waals surface area contributed by atoms with E-state index in [0.717, 1.165) is 0 Å². The molecule has 4 heteroatoms. The molecule has 0 aliphatic carbocycles. The van der Waals surface area contributed by atoms with Crippen molar-refractivity contribution in [3.63, 3.8) is 0 Å². The van der Waals surface area contributed by atoms with E-state index in [4.69, 9.17) is 21.3 Å². The van der Waals surface area contributed by atoms with Gasteiger partial charge in [-0.05, 0) is 0 Å². The molecule has 0 saturated carbocycles. The lowest BCUT2D eigenvalue weighted by molar-refractivity contribution is -0.0478. The minimum atomic E-state index is 0.178. The Morgan fingerprint density at radius 3 is 2.73 bits per heavy atom. The Morgan fingerprint density at radius 2 is 2.09 bits per heavy atom. The predicted octanol–water partition coefficient (Wildman–Crippen LogP) is 0.810. The van der Waals surface area contributed by atoms with E-state index in [0.29, 0.717) is 26.2 Å². The largest absolute Gasteiger partial charge is 0.354 e. The molecule has 4 nitrogen and oxygen atoms in total. The molecular weight excluding hydrogens is 144 g/mol. The summed E-state index contributed by atoms with van der Waals surface area (Å²) in [5.41, 5.74) is 0. The van der Waals surface area contributed by atoms with Gasteiger partial charge in [-0.15, -0.1) is 0 Å². The Hall–Kier alpha value is -1.10. The molecule has 11 heavy (non-hydrogen) atoms. The molecule has 0 aromatic rings. The minimum Gasteiger partial charge on any atom is -0.354 e. The lowest BCUT2D eigenvalue weighted by Gasteiger charge is -1.99. The summed E-state index contributed by atoms with van der Waals surface area (Å²) >= 11 is 0. The minimum absolute atomic E-state index is 0.178. The van der Waals surface area contributed by atoms with Gasteiger partial charge in [0.25, 0.3) is 0 Å². The maximum atomic E-state index is 8.10. The van der Waals surface area contributed by atoms with Crippen molar-refractivity contribution in [1.82, 2.24) is 0 Å². The summed E-state index contributed by atoms with van der Waals surface area (Å²) in [6.45, 7) is 7.75. The fourth-order valence-corrected chi connectivity index (χ4v) is 0.405. The molecular formula is C7H10N2O2. The maximum Gasteiger partial charge on any atom is 0.237 e. The summed E-state index contributed by atoms with van der Waals surface area (Å²) in [5, 5.41) is 8.10. The molecule has 60 valence electrons. The number of ether oxygens (including phenoxy) is 2. The van der Waals surface area contributed by atoms with Crippen LogP contribution >= 0.6 is 0 Å². The van der Waals surface area contributed by atoms with Crippen molar-refractivity contribution in [2.75, 3.05) is 26.6 Å². The maximum absolute atomic E-state index is 8.10. The first-order valence-electron chi connectivity index (χ1n) is 3.27. The monoisotopic (exact) mass is 154 g/mol. The van der Waals surface area contributed by atoms with Crippen molar-refractivity contribution in [2.24, 2.45) is 0 Å². The fourth-order valence-electron chi connectivity index (χ4n) is 0.405. The number of nitriles is 1. The smallest absolute Gasteiger partial charge is 0.237 e. The van der Waals surface area contributed by atoms with Gasteiger partial charge in [0.15, 0.2) is 0 Å². The molecule has 0 radical (unpaired) electrons. The average molecular weight is 154 g/mol. The van der Waals surface area contributed by atoms with E-state index in [1.807, 2.05) is 6.07 Å². The van der Waals surface area contributed by atoms with Gasteiger partial charge in [-0.2, -0.15) is 5.26 Å². The van der Waals surface area contributed by atoms with Crippen LogP contribution in [0.15, 0.2) is 0 Å². The van der Waals surface area contributed by atoms with Crippen molar-refractivity contribution in [1.29, 1.82) is 5.26 Å². The summed E-state index contributed by atoms with van der Waals surface area (Å²) in [7, 11) is 0. The summed E-state index contributed by atoms with van der Waals surface area (Å²) in [6, 6.07) is 1.94. The van der Waals surface area contributed by atoms with Crippen LogP contribution in [0.4, 0.5) is 0 Å². The SMILES string of the molecule is [C-]#[N+]CCOCOCCC#N. The van der Waals surface area contributed by atoms with Crippen LogP contribution < -0.4 is 0 Å². The van der Waals surface area contributed by atoms with Crippen LogP contribution in [0.25, 0.3) is 4.85 Å². The molecule has 0 aromatic heterocycles. The van der Waals surface area contributed by atoms with E-state index < -0.39 is 0 Å². The van der Waals surface area contributed by atoms with Crippen molar-refractivity contribution >= 4 is 0 Å². The van der Waals surface area contributed by atoms with Crippen LogP contribution in [-0.4, -0.2) is 26.6 Å². The van der Waals surface area contributed by atoms with Gasteiger partial charge in [0, 0.05) is 0 Å². The molecule has 0 amide bonds. The lowest BCUT2D eigenvalue weighted by Crippen LogP contribution is -2.03. The first-order valence-corrected chi connectivity index (χ1v) is 3.27. The Kier molecular flexibility index (Phi) is 8.01. The fraction of sp³-hybridized carbons (Fsp3) is 0.714. The highest BCUT2D eigenvalue weighted by molar-refractivity contribution is 4.66. The van der Waals surface area contributed by atoms with E-state index >= 15 is 0 Å². The zero-order chi connectivity index (χ0) is 8.36. The zero-order valence-corrected chi connectivity index (χ0v) is 6.25. The highest BCUT2D eigenvalue weighted by Crippen LogP contribution is 1.82. The van der Waals surface area contributed by atoms with Crippen LogP contribution in [0, 0.1) is 17.9 Å². The van der Waals surface area contributed by atoms with Crippen LogP contribution in [0.3, 0.4) is 0 Å². The second-order valence-electron chi connectivity index (χ2n) is 1.72. The molecule has 0 N–H and O–H groups in total. The average Bonchev–Trinajstić information content (AvgIpc) is 2.03. The third-order valence-electron chi connectivity index (χ3n) is 0.872. The van der Waals surface area contributed by atoms with E-state index in [1.54, 1.807) is 0 Å². The number of hydrogen-bond acceptors (Lipinski definition) is 3. The topological polar surface area (TPSA) is 46.6 Å². The molecule has 0 spiro atoms. The number of nitrogens with zero attached hydrogens (tertiary/aromatic N) is 2. The normalized spacial score (nSPS) is 8.55. The third kappa shape index (κ3) is 8.90. The van der Waals surface area contributed by atoms with Gasteiger partial charge in [-0.1, -0.05) is 0 Å². The van der Waals surface area contributed by atoms with E-state index in [1.165, 1.54) is 0 Å². The molecule has 0 unspecified atom stereocenters. The molecule has 0 aliphatic heterocycles.